The standard InChI is InChI=1S/C8H13N5O2/c14-8(7-11-5-12-13-7)10-4-6-3-9-1-2-15-6/h5-6,9H,1-4H2,(H,10,14)(H,11,12,13). The van der Waals surface area contributed by atoms with Crippen LogP contribution in [-0.4, -0.2) is 53.4 Å². The molecule has 1 atom stereocenters. The minimum Gasteiger partial charge on any atom is -0.374 e. The molecule has 0 spiro atoms. The van der Waals surface area contributed by atoms with Gasteiger partial charge in [0.1, 0.15) is 6.33 Å². The van der Waals surface area contributed by atoms with Gasteiger partial charge in [0.25, 0.3) is 5.91 Å². The van der Waals surface area contributed by atoms with Crippen molar-refractivity contribution in [3.8, 4) is 0 Å². The van der Waals surface area contributed by atoms with Crippen LogP contribution in [0.2, 0.25) is 0 Å². The smallest absolute Gasteiger partial charge is 0.288 e. The van der Waals surface area contributed by atoms with Gasteiger partial charge in [0.2, 0.25) is 5.82 Å². The number of morpholine rings is 1. The minimum atomic E-state index is -0.262. The largest absolute Gasteiger partial charge is 0.374 e. The number of rotatable bonds is 3. The Morgan fingerprint density at radius 2 is 2.67 bits per heavy atom. The normalized spacial score (nSPS) is 21.2. The lowest BCUT2D eigenvalue weighted by Gasteiger charge is -2.23. The number of aromatic amines is 1. The molecule has 3 N–H and O–H groups in total. The zero-order valence-corrected chi connectivity index (χ0v) is 8.19. The Labute approximate surface area is 86.6 Å². The minimum absolute atomic E-state index is 0.0330. The van der Waals surface area contributed by atoms with Crippen molar-refractivity contribution in [3.63, 3.8) is 0 Å². The van der Waals surface area contributed by atoms with E-state index in [1.807, 2.05) is 0 Å². The lowest BCUT2D eigenvalue weighted by Crippen LogP contribution is -2.45. The van der Waals surface area contributed by atoms with Crippen molar-refractivity contribution >= 4 is 5.91 Å². The fourth-order valence-electron chi connectivity index (χ4n) is 1.36. The highest BCUT2D eigenvalue weighted by atomic mass is 16.5. The Morgan fingerprint density at radius 1 is 1.73 bits per heavy atom. The quantitative estimate of drug-likeness (QED) is 0.567. The zero-order chi connectivity index (χ0) is 10.5. The number of carbonyl (C=O) groups is 1. The third-order valence-corrected chi connectivity index (χ3v) is 2.12. The summed E-state index contributed by atoms with van der Waals surface area (Å²) in [7, 11) is 0. The van der Waals surface area contributed by atoms with Crippen LogP contribution in [0, 0.1) is 0 Å². The number of amides is 1. The molecule has 0 saturated carbocycles. The Morgan fingerprint density at radius 3 is 3.33 bits per heavy atom. The van der Waals surface area contributed by atoms with Gasteiger partial charge < -0.3 is 15.4 Å². The van der Waals surface area contributed by atoms with Gasteiger partial charge in [0.15, 0.2) is 0 Å². The second-order valence-corrected chi connectivity index (χ2v) is 3.24. The third-order valence-electron chi connectivity index (χ3n) is 2.12. The molecule has 1 unspecified atom stereocenters. The molecule has 7 heteroatoms. The molecule has 1 aliphatic rings. The number of nitrogens with zero attached hydrogens (tertiary/aromatic N) is 2. The molecule has 2 heterocycles. The summed E-state index contributed by atoms with van der Waals surface area (Å²) in [4.78, 5) is 15.2. The molecule has 82 valence electrons. The van der Waals surface area contributed by atoms with Crippen molar-refractivity contribution in [2.75, 3.05) is 26.2 Å². The lowest BCUT2D eigenvalue weighted by atomic mass is 10.3. The molecule has 1 aliphatic heterocycles. The molecule has 1 amide bonds. The summed E-state index contributed by atoms with van der Waals surface area (Å²) in [5, 5.41) is 12.0. The van der Waals surface area contributed by atoms with Gasteiger partial charge in [-0.15, -0.1) is 0 Å². The van der Waals surface area contributed by atoms with E-state index in [9.17, 15) is 4.79 Å². The van der Waals surface area contributed by atoms with Gasteiger partial charge in [0.05, 0.1) is 12.7 Å². The number of hydrogen-bond acceptors (Lipinski definition) is 5. The summed E-state index contributed by atoms with van der Waals surface area (Å²) >= 11 is 0. The predicted octanol–water partition coefficient (Wildman–Crippen LogP) is -1.48. The maximum Gasteiger partial charge on any atom is 0.288 e. The van der Waals surface area contributed by atoms with Crippen LogP contribution in [0.15, 0.2) is 6.33 Å². The molecule has 0 radical (unpaired) electrons. The fraction of sp³-hybridized carbons (Fsp3) is 0.625. The highest BCUT2D eigenvalue weighted by Gasteiger charge is 2.15. The Balaban J connectivity index is 1.75. The molecule has 2 rings (SSSR count). The SMILES string of the molecule is O=C(NCC1CNCCO1)c1ncn[nH]1. The number of H-pyrrole nitrogens is 1. The second-order valence-electron chi connectivity index (χ2n) is 3.24. The number of carbonyl (C=O) groups excluding carboxylic acids is 1. The molecule has 1 aromatic heterocycles. The molecule has 1 fully saturated rings. The van der Waals surface area contributed by atoms with Crippen molar-refractivity contribution in [2.45, 2.75) is 6.10 Å². The van der Waals surface area contributed by atoms with E-state index in [1.165, 1.54) is 6.33 Å². The van der Waals surface area contributed by atoms with Crippen LogP contribution >= 0.6 is 0 Å². The summed E-state index contributed by atoms with van der Waals surface area (Å²) in [5.41, 5.74) is 0. The van der Waals surface area contributed by atoms with Gasteiger partial charge in [-0.1, -0.05) is 0 Å². The van der Waals surface area contributed by atoms with Gasteiger partial charge in [-0.05, 0) is 0 Å². The molecule has 0 aromatic carbocycles. The first-order valence-corrected chi connectivity index (χ1v) is 4.82. The first-order valence-electron chi connectivity index (χ1n) is 4.82. The van der Waals surface area contributed by atoms with Crippen molar-refractivity contribution in [3.05, 3.63) is 12.2 Å². The van der Waals surface area contributed by atoms with Crippen LogP contribution in [0.1, 0.15) is 10.6 Å². The van der Waals surface area contributed by atoms with Crippen molar-refractivity contribution in [1.29, 1.82) is 0 Å². The number of hydrogen-bond donors (Lipinski definition) is 3. The summed E-state index contributed by atoms with van der Waals surface area (Å²) < 4.78 is 5.42. The highest BCUT2D eigenvalue weighted by molar-refractivity contribution is 5.90. The van der Waals surface area contributed by atoms with Gasteiger partial charge in [-0.25, -0.2) is 4.98 Å². The molecule has 0 aliphatic carbocycles. The van der Waals surface area contributed by atoms with Gasteiger partial charge in [-0.3, -0.25) is 9.89 Å². The summed E-state index contributed by atoms with van der Waals surface area (Å²) in [6, 6.07) is 0. The van der Waals surface area contributed by atoms with Crippen LogP contribution in [0.3, 0.4) is 0 Å². The predicted molar refractivity (Wildman–Crippen MR) is 51.3 cm³/mol. The highest BCUT2D eigenvalue weighted by Crippen LogP contribution is 1.94. The summed E-state index contributed by atoms with van der Waals surface area (Å²) in [6.07, 6.45) is 1.33. The number of aromatic nitrogens is 3. The Bertz CT molecular complexity index is 307. The average molecular weight is 211 g/mol. The Hall–Kier alpha value is -1.47. The van der Waals surface area contributed by atoms with Crippen molar-refractivity contribution < 1.29 is 9.53 Å². The van der Waals surface area contributed by atoms with Crippen LogP contribution in [-0.2, 0) is 4.74 Å². The van der Waals surface area contributed by atoms with Gasteiger partial charge in [-0.2, -0.15) is 5.10 Å². The molecule has 1 aromatic rings. The van der Waals surface area contributed by atoms with E-state index in [2.05, 4.69) is 25.8 Å². The van der Waals surface area contributed by atoms with E-state index in [1.54, 1.807) is 0 Å². The van der Waals surface area contributed by atoms with Gasteiger partial charge >= 0.3 is 0 Å². The second kappa shape index (κ2) is 4.85. The topological polar surface area (TPSA) is 91.9 Å². The first-order chi connectivity index (χ1) is 7.36. The van der Waals surface area contributed by atoms with Gasteiger partial charge in [0, 0.05) is 19.6 Å². The average Bonchev–Trinajstić information content (AvgIpc) is 2.81. The van der Waals surface area contributed by atoms with E-state index in [0.29, 0.717) is 13.2 Å². The molecular weight excluding hydrogens is 198 g/mol. The van der Waals surface area contributed by atoms with Crippen LogP contribution in [0.5, 0.6) is 0 Å². The van der Waals surface area contributed by atoms with Crippen LogP contribution in [0.4, 0.5) is 0 Å². The monoisotopic (exact) mass is 211 g/mol. The van der Waals surface area contributed by atoms with Crippen molar-refractivity contribution in [2.24, 2.45) is 0 Å². The van der Waals surface area contributed by atoms with Crippen LogP contribution < -0.4 is 10.6 Å². The molecule has 7 nitrogen and oxygen atoms in total. The fourth-order valence-corrected chi connectivity index (χ4v) is 1.36. The summed E-state index contributed by atoms with van der Waals surface area (Å²) in [6.45, 7) is 2.79. The number of ether oxygens (including phenoxy) is 1. The van der Waals surface area contributed by atoms with E-state index >= 15 is 0 Å². The van der Waals surface area contributed by atoms with Crippen molar-refractivity contribution in [1.82, 2.24) is 25.8 Å². The lowest BCUT2D eigenvalue weighted by molar-refractivity contribution is 0.0286. The van der Waals surface area contributed by atoms with E-state index in [-0.39, 0.29) is 17.8 Å². The molecular formula is C8H13N5O2. The Kier molecular flexibility index (Phi) is 3.25. The molecule has 1 saturated heterocycles. The molecule has 0 bridgehead atoms. The third kappa shape index (κ3) is 2.74. The van der Waals surface area contributed by atoms with E-state index < -0.39 is 0 Å². The maximum atomic E-state index is 11.4. The summed E-state index contributed by atoms with van der Waals surface area (Å²) in [5.74, 6) is -0.0413. The molecule has 15 heavy (non-hydrogen) atoms. The maximum absolute atomic E-state index is 11.4. The van der Waals surface area contributed by atoms with Crippen LogP contribution in [0.25, 0.3) is 0 Å². The van der Waals surface area contributed by atoms with E-state index in [4.69, 9.17) is 4.74 Å². The first kappa shape index (κ1) is 10.1. The van der Waals surface area contributed by atoms with E-state index in [0.717, 1.165) is 13.1 Å². The number of nitrogens with one attached hydrogen (secondary N) is 3. The zero-order valence-electron chi connectivity index (χ0n) is 8.19.